The number of halogens is 2. The fourth-order valence-electron chi connectivity index (χ4n) is 6.62. The van der Waals surface area contributed by atoms with Crippen molar-refractivity contribution >= 4 is 97.4 Å². The Kier molecular flexibility index (Phi) is 14.5. The molecule has 5 heterocycles. The van der Waals surface area contributed by atoms with Crippen LogP contribution in [0.5, 0.6) is 0 Å². The summed E-state index contributed by atoms with van der Waals surface area (Å²) in [6, 6.07) is 2.40. The Morgan fingerprint density at radius 1 is 1.05 bits per heavy atom. The second kappa shape index (κ2) is 18.1. The number of pyridine rings is 1. The summed E-state index contributed by atoms with van der Waals surface area (Å²) in [7, 11) is 1.88. The van der Waals surface area contributed by atoms with Gasteiger partial charge in [0.15, 0.2) is 16.0 Å². The van der Waals surface area contributed by atoms with Gasteiger partial charge in [-0.2, -0.15) is 0 Å². The van der Waals surface area contributed by atoms with E-state index in [1.165, 1.54) is 32.6 Å². The van der Waals surface area contributed by atoms with Gasteiger partial charge in [0.25, 0.3) is 5.91 Å². The van der Waals surface area contributed by atoms with Crippen LogP contribution in [0.2, 0.25) is 0 Å². The Labute approximate surface area is 375 Å². The number of aromatic nitrogens is 1. The molecule has 3 aliphatic heterocycles. The fourth-order valence-corrected chi connectivity index (χ4v) is 9.69. The summed E-state index contributed by atoms with van der Waals surface area (Å²) in [6.07, 6.45) is 2.34. The molecule has 2 amide bonds. The first kappa shape index (κ1) is 43.9. The minimum absolute atomic E-state index is 0. The van der Waals surface area contributed by atoms with Crippen LogP contribution in [-0.2, 0) is 20.8 Å². The monoisotopic (exact) mass is 849 g/mol. The number of likely N-dealkylation sites (N-methyl/N-ethyl adjacent to an activating group) is 1. The summed E-state index contributed by atoms with van der Waals surface area (Å²) in [5.41, 5.74) is 2.18. The van der Waals surface area contributed by atoms with E-state index in [4.69, 9.17) is 12.2 Å². The molecule has 4 aliphatic rings. The molecule has 1 aliphatic carbocycles. The number of hydrogen-bond donors (Lipinski definition) is 3. The quantitative estimate of drug-likeness (QED) is 0.0720. The van der Waals surface area contributed by atoms with Gasteiger partial charge in [-0.05, 0) is 36.9 Å². The van der Waals surface area contributed by atoms with Crippen molar-refractivity contribution in [1.29, 1.82) is 0 Å². The molecule has 3 N–H and O–H groups in total. The van der Waals surface area contributed by atoms with Gasteiger partial charge in [0.1, 0.15) is 22.8 Å². The molecule has 2 saturated heterocycles. The Morgan fingerprint density at radius 2 is 1.76 bits per heavy atom. The standard InChI is InChI=1S/C33H33F2N7O7S4.2Na/c1-39-6-8-40(9-7-39)27-21(34)23(20-26(22(27)35)41(16-4-5-16)12-18(28(20)44)31(46)47)37-38-33(50)53-14-15-13-52-30-24(29(45)42(30)25(15)32(48)49)36-19(43)11-17-3-2-10-51-17;;/h2-3,10,12,16,24,30,37H,4-9,11,13-14H2,1H3,(H,36,43)(H,38,50)(H,46,47)(H,48,49);;/q;2*+1/p-2/t24-,30-;;/m1../s1. The minimum Gasteiger partial charge on any atom is -0.545 e. The number of nitrogens with one attached hydrogen (secondary N) is 3. The summed E-state index contributed by atoms with van der Waals surface area (Å²) < 4.78 is 34.2. The van der Waals surface area contributed by atoms with E-state index in [0.29, 0.717) is 31.5 Å². The molecule has 0 bridgehead atoms. The van der Waals surface area contributed by atoms with E-state index in [-0.39, 0.29) is 123 Å². The number of anilines is 2. The molecular weight excluding hydrogens is 819 g/mol. The van der Waals surface area contributed by atoms with Gasteiger partial charge in [0.2, 0.25) is 11.3 Å². The topological polar surface area (TPSA) is 182 Å². The number of thiophene rings is 1. The largest absolute Gasteiger partial charge is 1.00 e. The number of β-lactam (4-membered cyclic amide) rings is 1. The second-order valence-corrected chi connectivity index (χ2v) is 16.7. The van der Waals surface area contributed by atoms with Gasteiger partial charge >= 0.3 is 59.1 Å². The molecule has 0 radical (unpaired) electrons. The van der Waals surface area contributed by atoms with Gasteiger partial charge in [0, 0.05) is 54.8 Å². The van der Waals surface area contributed by atoms with Gasteiger partial charge in [-0.1, -0.05) is 30.0 Å². The maximum Gasteiger partial charge on any atom is 1.00 e. The van der Waals surface area contributed by atoms with Crippen molar-refractivity contribution in [2.24, 2.45) is 0 Å². The van der Waals surface area contributed by atoms with Crippen molar-refractivity contribution in [2.75, 3.05) is 55.1 Å². The Hall–Kier alpha value is -2.24. The number of carboxylic acid groups (broad SMARTS) is 2. The maximum absolute atomic E-state index is 16.5. The van der Waals surface area contributed by atoms with E-state index < -0.39 is 63.0 Å². The number of thiocarbonyl (C=S) groups is 1. The van der Waals surface area contributed by atoms with Gasteiger partial charge in [-0.25, -0.2) is 8.78 Å². The molecule has 3 aromatic rings. The normalized spacial score (nSPS) is 19.5. The molecule has 2 aromatic heterocycles. The number of thioether (sulfide) groups is 2. The molecule has 7 rings (SSSR count). The van der Waals surface area contributed by atoms with Crippen LogP contribution in [0.1, 0.15) is 34.1 Å². The van der Waals surface area contributed by atoms with E-state index in [9.17, 15) is 34.2 Å². The van der Waals surface area contributed by atoms with Crippen LogP contribution in [0.3, 0.4) is 0 Å². The number of carboxylic acids is 2. The third-order valence-corrected chi connectivity index (χ3v) is 13.0. The molecule has 1 saturated carbocycles. The SMILES string of the molecule is CN1CCN(c2c(F)c(NNC(=S)SCC3=C(C(=O)[O-])N4C(=O)[C@@H](NC(=O)Cc5cccs5)[C@H]4SC3)c3c(=O)c(C(=O)[O-])cn(C4CC4)c3c2F)CC1.[Na+].[Na+]. The van der Waals surface area contributed by atoms with E-state index in [1.54, 1.807) is 6.07 Å². The van der Waals surface area contributed by atoms with Crippen LogP contribution in [0.4, 0.5) is 20.2 Å². The minimum atomic E-state index is -1.79. The van der Waals surface area contributed by atoms with Crippen LogP contribution in [0.25, 0.3) is 10.9 Å². The number of carbonyl (C=O) groups excluding carboxylic acids is 4. The number of piperazine rings is 1. The Bertz CT molecular complexity index is 2150. The van der Waals surface area contributed by atoms with Crippen molar-refractivity contribution < 1.29 is 97.3 Å². The summed E-state index contributed by atoms with van der Waals surface area (Å²) in [4.78, 5) is 68.8. The third-order valence-electron chi connectivity index (χ3n) is 9.45. The smallest absolute Gasteiger partial charge is 0.545 e. The number of carbonyl (C=O) groups is 4. The van der Waals surface area contributed by atoms with Crippen molar-refractivity contribution in [3.8, 4) is 0 Å². The number of nitrogens with zero attached hydrogens (tertiary/aromatic N) is 4. The maximum atomic E-state index is 16.5. The molecule has 55 heavy (non-hydrogen) atoms. The number of aliphatic carboxylic acids is 1. The molecule has 22 heteroatoms. The van der Waals surface area contributed by atoms with Crippen molar-refractivity contribution in [1.82, 2.24) is 25.1 Å². The fraction of sp³-hybridized carbons (Fsp3) is 0.394. The molecule has 3 fully saturated rings. The number of hydrazine groups is 1. The van der Waals surface area contributed by atoms with Crippen molar-refractivity contribution in [3.63, 3.8) is 0 Å². The summed E-state index contributed by atoms with van der Waals surface area (Å²) in [5.74, 6) is -6.29. The number of hydrogen-bond acceptors (Lipinski definition) is 14. The number of amides is 2. The zero-order chi connectivity index (χ0) is 37.7. The molecule has 0 unspecified atom stereocenters. The zero-order valence-corrected chi connectivity index (χ0v) is 37.2. The van der Waals surface area contributed by atoms with Crippen molar-refractivity contribution in [3.05, 3.63) is 67.3 Å². The van der Waals surface area contributed by atoms with Crippen molar-refractivity contribution in [2.45, 2.75) is 36.7 Å². The zero-order valence-electron chi connectivity index (χ0n) is 29.9. The Morgan fingerprint density at radius 3 is 2.38 bits per heavy atom. The molecular formula is C33H31F2N7Na2O7S4. The molecule has 280 valence electrons. The van der Waals surface area contributed by atoms with Gasteiger partial charge < -0.3 is 39.5 Å². The average Bonchev–Trinajstić information content (AvgIpc) is 3.85. The van der Waals surface area contributed by atoms with Crippen LogP contribution in [0, 0.1) is 11.6 Å². The predicted molar refractivity (Wildman–Crippen MR) is 197 cm³/mol. The molecule has 2 atom stereocenters. The summed E-state index contributed by atoms with van der Waals surface area (Å²) >= 11 is 9.04. The number of benzene rings is 1. The number of rotatable bonds is 11. The van der Waals surface area contributed by atoms with Crippen LogP contribution in [0.15, 0.2) is 39.8 Å². The predicted octanol–water partition coefficient (Wildman–Crippen LogP) is -5.62. The van der Waals surface area contributed by atoms with E-state index >= 15 is 8.78 Å². The van der Waals surface area contributed by atoms with E-state index in [2.05, 4.69) is 16.2 Å². The third kappa shape index (κ3) is 8.79. The second-order valence-electron chi connectivity index (χ2n) is 12.9. The van der Waals surface area contributed by atoms with E-state index in [1.807, 2.05) is 23.4 Å². The Balaban J connectivity index is 0.00000290. The first-order valence-electron chi connectivity index (χ1n) is 16.5. The first-order valence-corrected chi connectivity index (χ1v) is 19.8. The number of aromatic carboxylic acids is 1. The summed E-state index contributed by atoms with van der Waals surface area (Å²) in [5, 5.41) is 27.6. The molecule has 0 spiro atoms. The first-order chi connectivity index (χ1) is 25.3. The van der Waals surface area contributed by atoms with Crippen LogP contribution in [-0.4, -0.2) is 98.6 Å². The molecule has 1 aromatic carbocycles. The molecule has 14 nitrogen and oxygen atoms in total. The number of fused-ring (bicyclic) bond motifs is 2. The van der Waals surface area contributed by atoms with Gasteiger partial charge in [-0.15, -0.1) is 23.1 Å². The summed E-state index contributed by atoms with van der Waals surface area (Å²) in [6.45, 7) is 1.62. The van der Waals surface area contributed by atoms with Crippen LogP contribution < -0.4 is 95.8 Å². The van der Waals surface area contributed by atoms with E-state index in [0.717, 1.165) is 27.7 Å². The van der Waals surface area contributed by atoms with Gasteiger partial charge in [0.05, 0.1) is 40.5 Å². The average molecular weight is 850 g/mol. The van der Waals surface area contributed by atoms with Crippen LogP contribution >= 0.6 is 47.1 Å². The van der Waals surface area contributed by atoms with Gasteiger partial charge in [-0.3, -0.25) is 30.1 Å².